The number of rotatable bonds is 6. The second kappa shape index (κ2) is 7.33. The summed E-state index contributed by atoms with van der Waals surface area (Å²) in [5.41, 5.74) is 0.961. The molecule has 2 rings (SSSR count). The minimum Gasteiger partial charge on any atom is -0.353 e. The Kier molecular flexibility index (Phi) is 5.83. The molecule has 0 bridgehead atoms. The Hall–Kier alpha value is -1.25. The van der Waals surface area contributed by atoms with Crippen molar-refractivity contribution in [3.63, 3.8) is 0 Å². The molecule has 7 nitrogen and oxygen atoms in total. The highest BCUT2D eigenvalue weighted by molar-refractivity contribution is 7.87. The van der Waals surface area contributed by atoms with Crippen LogP contribution in [-0.2, 0) is 10.2 Å². The molecule has 2 atom stereocenters. The molecule has 0 spiro atoms. The summed E-state index contributed by atoms with van der Waals surface area (Å²) in [5, 5.41) is 8.61. The first-order chi connectivity index (χ1) is 11.1. The number of nitrogens with zero attached hydrogens (tertiary/aromatic N) is 4. The van der Waals surface area contributed by atoms with Crippen LogP contribution < -0.4 is 9.62 Å². The van der Waals surface area contributed by atoms with Gasteiger partial charge in [-0.05, 0) is 29.9 Å². The van der Waals surface area contributed by atoms with Gasteiger partial charge in [0.2, 0.25) is 0 Å². The monoisotopic (exact) mass is 355 g/mol. The zero-order chi connectivity index (χ0) is 18.1. The Labute approximate surface area is 145 Å². The Morgan fingerprint density at radius 2 is 1.83 bits per heavy atom. The average molecular weight is 356 g/mol. The molecule has 2 heterocycles. The Balaban J connectivity index is 2.17. The molecule has 1 saturated heterocycles. The molecule has 24 heavy (non-hydrogen) atoms. The summed E-state index contributed by atoms with van der Waals surface area (Å²) in [6.07, 6.45) is 0. The largest absolute Gasteiger partial charge is 0.353 e. The maximum atomic E-state index is 12.2. The van der Waals surface area contributed by atoms with E-state index in [4.69, 9.17) is 0 Å². The molecule has 0 saturated carbocycles. The van der Waals surface area contributed by atoms with Gasteiger partial charge in [-0.1, -0.05) is 27.7 Å². The predicted octanol–water partition coefficient (Wildman–Crippen LogP) is 1.46. The van der Waals surface area contributed by atoms with Crippen molar-refractivity contribution in [2.45, 2.75) is 39.7 Å². The third-order valence-electron chi connectivity index (χ3n) is 4.59. The van der Waals surface area contributed by atoms with Crippen LogP contribution >= 0.6 is 0 Å². The molecule has 1 aromatic heterocycles. The summed E-state index contributed by atoms with van der Waals surface area (Å²) >= 11 is 0. The van der Waals surface area contributed by atoms with E-state index in [1.54, 1.807) is 0 Å². The van der Waals surface area contributed by atoms with Gasteiger partial charge < -0.3 is 4.90 Å². The summed E-state index contributed by atoms with van der Waals surface area (Å²) in [5.74, 6) is 1.74. The highest BCUT2D eigenvalue weighted by atomic mass is 32.2. The molecule has 0 aliphatic carbocycles. The Morgan fingerprint density at radius 1 is 1.17 bits per heavy atom. The first-order valence-electron chi connectivity index (χ1n) is 8.40. The lowest BCUT2D eigenvalue weighted by atomic mass is 9.92. The third-order valence-corrected chi connectivity index (χ3v) is 6.15. The maximum Gasteiger partial charge on any atom is 0.279 e. The molecule has 0 amide bonds. The molecule has 1 fully saturated rings. The summed E-state index contributed by atoms with van der Waals surface area (Å²) in [6.45, 7) is 9.79. The zero-order valence-corrected chi connectivity index (χ0v) is 16.2. The second-order valence-electron chi connectivity index (χ2n) is 7.30. The summed E-state index contributed by atoms with van der Waals surface area (Å²) in [4.78, 5) is 2.12. The fourth-order valence-electron chi connectivity index (χ4n) is 2.93. The van der Waals surface area contributed by atoms with Gasteiger partial charge in [0.1, 0.15) is 0 Å². The Bertz CT molecular complexity index is 643. The van der Waals surface area contributed by atoms with Crippen LogP contribution in [0.4, 0.5) is 5.82 Å². The van der Waals surface area contributed by atoms with Crippen molar-refractivity contribution in [3.05, 3.63) is 17.8 Å². The molecule has 8 heteroatoms. The van der Waals surface area contributed by atoms with E-state index in [9.17, 15) is 8.42 Å². The fourth-order valence-corrected chi connectivity index (χ4v) is 3.77. The van der Waals surface area contributed by atoms with E-state index < -0.39 is 10.2 Å². The normalized spacial score (nSPS) is 22.1. The Morgan fingerprint density at radius 3 is 2.29 bits per heavy atom. The van der Waals surface area contributed by atoms with Gasteiger partial charge >= 0.3 is 0 Å². The van der Waals surface area contributed by atoms with Gasteiger partial charge in [0.05, 0.1) is 5.69 Å². The van der Waals surface area contributed by atoms with Gasteiger partial charge in [0.25, 0.3) is 10.2 Å². The van der Waals surface area contributed by atoms with Crippen molar-refractivity contribution in [1.82, 2.24) is 19.2 Å². The maximum absolute atomic E-state index is 12.2. The summed E-state index contributed by atoms with van der Waals surface area (Å²) < 4.78 is 28.4. The van der Waals surface area contributed by atoms with Crippen LogP contribution in [0, 0.1) is 11.8 Å². The van der Waals surface area contributed by atoms with Crippen molar-refractivity contribution in [3.8, 4) is 0 Å². The van der Waals surface area contributed by atoms with E-state index >= 15 is 0 Å². The van der Waals surface area contributed by atoms with Crippen LogP contribution in [0.25, 0.3) is 0 Å². The van der Waals surface area contributed by atoms with Crippen molar-refractivity contribution >= 4 is 16.0 Å². The number of hydrogen-bond acceptors (Lipinski definition) is 5. The lowest BCUT2D eigenvalue weighted by molar-refractivity contribution is 0.358. The van der Waals surface area contributed by atoms with Crippen LogP contribution in [-0.4, -0.2) is 56.1 Å². The van der Waals surface area contributed by atoms with Crippen molar-refractivity contribution in [1.29, 1.82) is 0 Å². The van der Waals surface area contributed by atoms with Crippen molar-refractivity contribution in [2.24, 2.45) is 11.8 Å². The van der Waals surface area contributed by atoms with Crippen molar-refractivity contribution in [2.75, 3.05) is 32.1 Å². The lowest BCUT2D eigenvalue weighted by Crippen LogP contribution is -2.46. The quantitative estimate of drug-likeness (QED) is 0.836. The molecule has 1 aliphatic heterocycles. The lowest BCUT2D eigenvalue weighted by Gasteiger charge is -2.24. The molecule has 1 aliphatic rings. The van der Waals surface area contributed by atoms with E-state index in [-0.39, 0.29) is 12.0 Å². The zero-order valence-electron chi connectivity index (χ0n) is 15.4. The second-order valence-corrected chi connectivity index (χ2v) is 9.21. The topological polar surface area (TPSA) is 78.4 Å². The SMILES string of the molecule is CC(C)c1ccc(N2C[C@H](NS(=O)(=O)N(C)C)[C@@H](C(C)C)C2)nn1. The van der Waals surface area contributed by atoms with E-state index in [1.807, 2.05) is 12.1 Å². The average Bonchev–Trinajstić information content (AvgIpc) is 2.90. The van der Waals surface area contributed by atoms with Crippen LogP contribution in [0.2, 0.25) is 0 Å². The molecular weight excluding hydrogens is 326 g/mol. The predicted molar refractivity (Wildman–Crippen MR) is 96.2 cm³/mol. The van der Waals surface area contributed by atoms with Gasteiger partial charge in [-0.25, -0.2) is 0 Å². The highest BCUT2D eigenvalue weighted by Gasteiger charge is 2.38. The minimum absolute atomic E-state index is 0.135. The molecule has 0 unspecified atom stereocenters. The smallest absolute Gasteiger partial charge is 0.279 e. The van der Waals surface area contributed by atoms with E-state index in [0.29, 0.717) is 18.4 Å². The summed E-state index contributed by atoms with van der Waals surface area (Å²) in [6, 6.07) is 3.83. The highest BCUT2D eigenvalue weighted by Crippen LogP contribution is 2.28. The molecule has 0 aromatic carbocycles. The number of aromatic nitrogens is 2. The van der Waals surface area contributed by atoms with Gasteiger partial charge in [0.15, 0.2) is 5.82 Å². The van der Waals surface area contributed by atoms with Crippen LogP contribution in [0.3, 0.4) is 0 Å². The van der Waals surface area contributed by atoms with Gasteiger partial charge in [-0.15, -0.1) is 5.10 Å². The van der Waals surface area contributed by atoms with Crippen LogP contribution in [0.5, 0.6) is 0 Å². The van der Waals surface area contributed by atoms with E-state index in [2.05, 4.69) is 47.5 Å². The molecule has 136 valence electrons. The summed E-state index contributed by atoms with van der Waals surface area (Å²) in [7, 11) is -0.376. The molecular formula is C16H29N5O2S. The molecule has 1 N–H and O–H groups in total. The third kappa shape index (κ3) is 4.23. The standard InChI is InChI=1S/C16H29N5O2S/c1-11(2)13-9-21(10-15(13)19-24(22,23)20(5)6)16-8-7-14(12(3)4)17-18-16/h7-8,11-13,15,19H,9-10H2,1-6H3/t13-,15+/m1/s1. The van der Waals surface area contributed by atoms with Gasteiger partial charge in [-0.3, -0.25) is 0 Å². The van der Waals surface area contributed by atoms with Crippen molar-refractivity contribution < 1.29 is 8.42 Å². The molecule has 0 radical (unpaired) electrons. The van der Waals surface area contributed by atoms with E-state index in [0.717, 1.165) is 18.1 Å². The van der Waals surface area contributed by atoms with Gasteiger partial charge in [-0.2, -0.15) is 22.5 Å². The fraction of sp³-hybridized carbons (Fsp3) is 0.750. The van der Waals surface area contributed by atoms with Crippen LogP contribution in [0.15, 0.2) is 12.1 Å². The number of hydrogen-bond donors (Lipinski definition) is 1. The van der Waals surface area contributed by atoms with Crippen LogP contribution in [0.1, 0.15) is 39.3 Å². The molecule has 1 aromatic rings. The number of nitrogens with one attached hydrogen (secondary N) is 1. The first kappa shape index (κ1) is 19.1. The minimum atomic E-state index is -3.45. The first-order valence-corrected chi connectivity index (χ1v) is 9.84. The van der Waals surface area contributed by atoms with Gasteiger partial charge in [0, 0.05) is 33.2 Å². The number of anilines is 1. The van der Waals surface area contributed by atoms with E-state index in [1.165, 1.54) is 18.4 Å².